The molecule has 2 heterocycles. The summed E-state index contributed by atoms with van der Waals surface area (Å²) < 4.78 is 1.49. The van der Waals surface area contributed by atoms with E-state index in [1.54, 1.807) is 30.3 Å². The molecule has 0 spiro atoms. The first-order valence-electron chi connectivity index (χ1n) is 10.4. The van der Waals surface area contributed by atoms with Gasteiger partial charge >= 0.3 is 0 Å². The Bertz CT molecular complexity index is 1010. The highest BCUT2D eigenvalue weighted by atomic mass is 16.2. The van der Waals surface area contributed by atoms with Crippen molar-refractivity contribution in [3.8, 4) is 5.69 Å². The second kappa shape index (κ2) is 9.94. The fourth-order valence-corrected chi connectivity index (χ4v) is 3.56. The molecule has 2 N–H and O–H groups in total. The van der Waals surface area contributed by atoms with Crippen molar-refractivity contribution < 1.29 is 9.59 Å². The van der Waals surface area contributed by atoms with Crippen molar-refractivity contribution >= 4 is 11.8 Å². The molecule has 2 amide bonds. The van der Waals surface area contributed by atoms with Gasteiger partial charge in [-0.1, -0.05) is 18.2 Å². The minimum atomic E-state index is -0.196. The van der Waals surface area contributed by atoms with Crippen molar-refractivity contribution in [1.82, 2.24) is 35.7 Å². The highest BCUT2D eigenvalue weighted by Gasteiger charge is 2.12. The number of tetrazole rings is 1. The fourth-order valence-electron chi connectivity index (χ4n) is 3.56. The van der Waals surface area contributed by atoms with Crippen LogP contribution in [0.15, 0.2) is 54.9 Å². The molecule has 2 aromatic carbocycles. The zero-order valence-electron chi connectivity index (χ0n) is 17.2. The normalized spacial score (nSPS) is 13.8. The minimum Gasteiger partial charge on any atom is -0.351 e. The van der Waals surface area contributed by atoms with Crippen LogP contribution in [0.25, 0.3) is 5.69 Å². The number of nitrogens with zero attached hydrogens (tertiary/aromatic N) is 5. The molecule has 0 unspecified atom stereocenters. The van der Waals surface area contributed by atoms with Crippen LogP contribution in [-0.4, -0.2) is 63.1 Å². The lowest BCUT2D eigenvalue weighted by Crippen LogP contribution is -2.33. The number of carbonyl (C=O) groups excluding carboxylic acids is 2. The number of benzene rings is 2. The largest absolute Gasteiger partial charge is 0.351 e. The Balaban J connectivity index is 1.26. The van der Waals surface area contributed by atoms with Crippen LogP contribution in [0.3, 0.4) is 0 Å². The van der Waals surface area contributed by atoms with Gasteiger partial charge in [0, 0.05) is 30.8 Å². The summed E-state index contributed by atoms with van der Waals surface area (Å²) in [4.78, 5) is 27.2. The summed E-state index contributed by atoms with van der Waals surface area (Å²) in [6, 6.07) is 14.3. The summed E-state index contributed by atoms with van der Waals surface area (Å²) >= 11 is 0. The van der Waals surface area contributed by atoms with Crippen LogP contribution in [0.5, 0.6) is 0 Å². The first-order chi connectivity index (χ1) is 15.2. The molecular formula is C22H25N7O2. The maximum atomic E-state index is 12.5. The molecule has 31 heavy (non-hydrogen) atoms. The molecule has 4 rings (SSSR count). The van der Waals surface area contributed by atoms with Crippen molar-refractivity contribution in [3.63, 3.8) is 0 Å². The number of nitrogens with one attached hydrogen (secondary N) is 2. The topological polar surface area (TPSA) is 105 Å². The Morgan fingerprint density at radius 3 is 2.45 bits per heavy atom. The lowest BCUT2D eigenvalue weighted by molar-refractivity contribution is 0.0941. The van der Waals surface area contributed by atoms with Crippen LogP contribution in [0.1, 0.15) is 39.1 Å². The smallest absolute Gasteiger partial charge is 0.251 e. The van der Waals surface area contributed by atoms with Gasteiger partial charge in [0.05, 0.1) is 5.69 Å². The van der Waals surface area contributed by atoms with Gasteiger partial charge < -0.3 is 15.5 Å². The van der Waals surface area contributed by atoms with Crippen molar-refractivity contribution in [2.75, 3.05) is 26.2 Å². The summed E-state index contributed by atoms with van der Waals surface area (Å²) in [5.41, 5.74) is 2.75. The van der Waals surface area contributed by atoms with E-state index in [1.165, 1.54) is 23.9 Å². The maximum Gasteiger partial charge on any atom is 0.251 e. The number of amides is 2. The highest BCUT2D eigenvalue weighted by Crippen LogP contribution is 2.10. The lowest BCUT2D eigenvalue weighted by Gasteiger charge is -2.14. The van der Waals surface area contributed by atoms with Crippen LogP contribution in [-0.2, 0) is 6.54 Å². The first-order valence-corrected chi connectivity index (χ1v) is 10.4. The number of rotatable bonds is 8. The fraction of sp³-hybridized carbons (Fsp3) is 0.318. The van der Waals surface area contributed by atoms with Gasteiger partial charge in [0.15, 0.2) is 0 Å². The first kappa shape index (κ1) is 20.7. The number of likely N-dealkylation sites (tertiary alicyclic amines) is 1. The van der Waals surface area contributed by atoms with Gasteiger partial charge in [0.1, 0.15) is 6.33 Å². The molecule has 0 atom stereocenters. The van der Waals surface area contributed by atoms with Gasteiger partial charge in [-0.3, -0.25) is 9.59 Å². The summed E-state index contributed by atoms with van der Waals surface area (Å²) in [7, 11) is 0. The van der Waals surface area contributed by atoms with Gasteiger partial charge in [0.25, 0.3) is 11.8 Å². The Morgan fingerprint density at radius 2 is 1.71 bits per heavy atom. The molecule has 3 aromatic rings. The van der Waals surface area contributed by atoms with Crippen molar-refractivity contribution in [2.45, 2.75) is 19.4 Å². The molecule has 9 heteroatoms. The Labute approximate surface area is 180 Å². The lowest BCUT2D eigenvalue weighted by atomic mass is 10.1. The summed E-state index contributed by atoms with van der Waals surface area (Å²) in [5, 5.41) is 16.9. The second-order valence-corrected chi connectivity index (χ2v) is 7.49. The standard InChI is InChI=1S/C22H25N7O2/c30-21(23-10-13-28-11-1-2-12-28)18-8-6-17(7-9-18)15-24-22(31)19-4-3-5-20(14-19)29-16-25-26-27-29/h3-9,14,16H,1-2,10-13,15H2,(H,23,30)(H,24,31). The highest BCUT2D eigenvalue weighted by molar-refractivity contribution is 5.95. The number of hydrogen-bond donors (Lipinski definition) is 2. The summed E-state index contributed by atoms with van der Waals surface area (Å²) in [6.45, 7) is 4.16. The van der Waals surface area contributed by atoms with E-state index in [4.69, 9.17) is 0 Å². The summed E-state index contributed by atoms with van der Waals surface area (Å²) in [5.74, 6) is -0.271. The molecule has 1 aliphatic heterocycles. The Hall–Kier alpha value is -3.59. The molecule has 9 nitrogen and oxygen atoms in total. The van der Waals surface area contributed by atoms with Gasteiger partial charge in [0.2, 0.25) is 0 Å². The molecule has 0 bridgehead atoms. The maximum absolute atomic E-state index is 12.5. The van der Waals surface area contributed by atoms with Crippen LogP contribution in [0.2, 0.25) is 0 Å². The van der Waals surface area contributed by atoms with E-state index >= 15 is 0 Å². The molecule has 0 radical (unpaired) electrons. The second-order valence-electron chi connectivity index (χ2n) is 7.49. The molecule has 0 aliphatic carbocycles. The third-order valence-electron chi connectivity index (χ3n) is 5.30. The average molecular weight is 419 g/mol. The average Bonchev–Trinajstić information content (AvgIpc) is 3.52. The molecule has 1 saturated heterocycles. The number of carbonyl (C=O) groups is 2. The van der Waals surface area contributed by atoms with E-state index in [1.807, 2.05) is 18.2 Å². The minimum absolute atomic E-state index is 0.0748. The predicted octanol–water partition coefficient (Wildman–Crippen LogP) is 1.42. The summed E-state index contributed by atoms with van der Waals surface area (Å²) in [6.07, 6.45) is 3.97. The Morgan fingerprint density at radius 1 is 0.935 bits per heavy atom. The van der Waals surface area contributed by atoms with Gasteiger partial charge in [-0.15, -0.1) is 5.10 Å². The zero-order valence-corrected chi connectivity index (χ0v) is 17.2. The zero-order chi connectivity index (χ0) is 21.5. The molecule has 1 aromatic heterocycles. The van der Waals surface area contributed by atoms with Gasteiger partial charge in [-0.05, 0) is 72.3 Å². The molecule has 1 fully saturated rings. The van der Waals surface area contributed by atoms with E-state index in [2.05, 4.69) is 31.1 Å². The number of hydrogen-bond acceptors (Lipinski definition) is 6. The molecule has 160 valence electrons. The molecular weight excluding hydrogens is 394 g/mol. The number of aromatic nitrogens is 4. The van der Waals surface area contributed by atoms with Crippen molar-refractivity contribution in [1.29, 1.82) is 0 Å². The quantitative estimate of drug-likeness (QED) is 0.572. The van der Waals surface area contributed by atoms with E-state index < -0.39 is 0 Å². The Kier molecular flexibility index (Phi) is 6.63. The van der Waals surface area contributed by atoms with Gasteiger partial charge in [-0.25, -0.2) is 4.68 Å². The third-order valence-corrected chi connectivity index (χ3v) is 5.30. The van der Waals surface area contributed by atoms with Crippen molar-refractivity contribution in [3.05, 3.63) is 71.5 Å². The van der Waals surface area contributed by atoms with Gasteiger partial charge in [-0.2, -0.15) is 0 Å². The predicted molar refractivity (Wildman–Crippen MR) is 115 cm³/mol. The van der Waals surface area contributed by atoms with E-state index in [0.29, 0.717) is 29.9 Å². The SMILES string of the molecule is O=C(NCCN1CCCC1)c1ccc(CNC(=O)c2cccc(-n3cnnn3)c2)cc1. The molecule has 0 saturated carbocycles. The monoisotopic (exact) mass is 419 g/mol. The van der Waals surface area contributed by atoms with E-state index in [-0.39, 0.29) is 11.8 Å². The van der Waals surface area contributed by atoms with E-state index in [9.17, 15) is 9.59 Å². The van der Waals surface area contributed by atoms with Crippen LogP contribution >= 0.6 is 0 Å². The van der Waals surface area contributed by atoms with Crippen LogP contribution in [0, 0.1) is 0 Å². The third kappa shape index (κ3) is 5.52. The molecule has 1 aliphatic rings. The van der Waals surface area contributed by atoms with Crippen molar-refractivity contribution in [2.24, 2.45) is 0 Å². The van der Waals surface area contributed by atoms with Crippen LogP contribution < -0.4 is 10.6 Å². The van der Waals surface area contributed by atoms with Crippen LogP contribution in [0.4, 0.5) is 0 Å². The van der Waals surface area contributed by atoms with E-state index in [0.717, 1.165) is 25.2 Å².